The Bertz CT molecular complexity index is 1090. The molecule has 2 heterocycles. The molecular weight excluding hydrogens is 396 g/mol. The summed E-state index contributed by atoms with van der Waals surface area (Å²) in [6, 6.07) is 0.512. The summed E-state index contributed by atoms with van der Waals surface area (Å²) in [6.45, 7) is 4.40. The molecule has 2 aliphatic rings. The van der Waals surface area contributed by atoms with Gasteiger partial charge in [0.1, 0.15) is 12.0 Å². The maximum atomic E-state index is 15.2. The minimum Gasteiger partial charge on any atom is -0.380 e. The third kappa shape index (κ3) is 3.27. The fourth-order valence-corrected chi connectivity index (χ4v) is 4.47. The zero-order valence-corrected chi connectivity index (χ0v) is 17.1. The Balaban J connectivity index is 1.81. The van der Waals surface area contributed by atoms with Crippen LogP contribution < -0.4 is 27.7 Å². The van der Waals surface area contributed by atoms with E-state index in [-0.39, 0.29) is 36.8 Å². The molecule has 1 aromatic carbocycles. The van der Waals surface area contributed by atoms with E-state index in [4.69, 9.17) is 16.3 Å². The Hall–Kier alpha value is -2.46. The van der Waals surface area contributed by atoms with Gasteiger partial charge in [-0.1, -0.05) is 0 Å². The van der Waals surface area contributed by atoms with Crippen LogP contribution in [0.5, 0.6) is 0 Å². The number of aryl methyl sites for hydroxylation is 1. The van der Waals surface area contributed by atoms with Crippen molar-refractivity contribution in [3.8, 4) is 0 Å². The minimum absolute atomic E-state index is 0.0185. The Morgan fingerprint density at radius 1 is 1.30 bits per heavy atom. The van der Waals surface area contributed by atoms with Gasteiger partial charge in [0.2, 0.25) is 0 Å². The number of benzene rings is 1. The highest BCUT2D eigenvalue weighted by Gasteiger charge is 2.39. The van der Waals surface area contributed by atoms with Gasteiger partial charge in [-0.2, -0.15) is 4.68 Å². The lowest BCUT2D eigenvalue weighted by atomic mass is 9.99. The first-order chi connectivity index (χ1) is 14.3. The number of nitrogen functional groups attached to an aromatic ring is 1. The number of hydrogen-bond donors (Lipinski definition) is 2. The molecule has 1 saturated heterocycles. The topological polar surface area (TPSA) is 109 Å². The molecule has 0 radical (unpaired) electrons. The molecule has 4 N–H and O–H groups in total. The number of nitrogens with zero attached hydrogens (tertiary/aromatic N) is 3. The van der Waals surface area contributed by atoms with Crippen LogP contribution in [0.1, 0.15) is 31.4 Å². The molecule has 8 nitrogen and oxygen atoms in total. The van der Waals surface area contributed by atoms with Crippen molar-refractivity contribution in [1.82, 2.24) is 9.24 Å². The first-order valence-electron chi connectivity index (χ1n) is 10.2. The standard InChI is InChI=1S/C20H27F2N5O3/c1-3-30-9-16(23)13-7-25(8-15(13)22)18-10(2)17-12(6-14(18)21)19(28)27(24)20(29)26(17)11-4-5-11/h6,11,13,15-16H,3-5,7-9,23-24H2,1-2H3/t13-,15+,16-/m0/s1. The van der Waals surface area contributed by atoms with Gasteiger partial charge in [0, 0.05) is 43.3 Å². The summed E-state index contributed by atoms with van der Waals surface area (Å²) >= 11 is 0. The monoisotopic (exact) mass is 423 g/mol. The van der Waals surface area contributed by atoms with Gasteiger partial charge in [0.25, 0.3) is 5.56 Å². The Morgan fingerprint density at radius 3 is 2.63 bits per heavy atom. The lowest BCUT2D eigenvalue weighted by molar-refractivity contribution is 0.105. The molecule has 30 heavy (non-hydrogen) atoms. The van der Waals surface area contributed by atoms with Crippen molar-refractivity contribution >= 4 is 16.6 Å². The second-order valence-corrected chi connectivity index (χ2v) is 8.20. The van der Waals surface area contributed by atoms with Crippen LogP contribution in [-0.4, -0.2) is 47.8 Å². The van der Waals surface area contributed by atoms with E-state index in [0.29, 0.717) is 22.4 Å². The van der Waals surface area contributed by atoms with Crippen molar-refractivity contribution in [3.05, 3.63) is 38.3 Å². The van der Waals surface area contributed by atoms with Gasteiger partial charge in [-0.05, 0) is 32.8 Å². The smallest absolute Gasteiger partial charge is 0.350 e. The molecule has 4 rings (SSSR count). The number of nitrogens with two attached hydrogens (primary N) is 2. The van der Waals surface area contributed by atoms with Gasteiger partial charge >= 0.3 is 5.69 Å². The van der Waals surface area contributed by atoms with Crippen LogP contribution in [-0.2, 0) is 4.74 Å². The van der Waals surface area contributed by atoms with E-state index < -0.39 is 35.2 Å². The van der Waals surface area contributed by atoms with Crippen LogP contribution >= 0.6 is 0 Å². The van der Waals surface area contributed by atoms with Crippen molar-refractivity contribution < 1.29 is 13.5 Å². The van der Waals surface area contributed by atoms with Crippen molar-refractivity contribution in [2.24, 2.45) is 11.7 Å². The maximum absolute atomic E-state index is 15.2. The number of halogens is 2. The third-order valence-corrected chi connectivity index (χ3v) is 6.15. The van der Waals surface area contributed by atoms with Crippen molar-refractivity contribution in [2.75, 3.05) is 37.0 Å². The minimum atomic E-state index is -1.24. The molecule has 0 amide bonds. The van der Waals surface area contributed by atoms with Crippen molar-refractivity contribution in [3.63, 3.8) is 0 Å². The number of rotatable bonds is 6. The molecule has 1 saturated carbocycles. The number of fused-ring (bicyclic) bond motifs is 1. The highest BCUT2D eigenvalue weighted by atomic mass is 19.1. The fraction of sp³-hybridized carbons (Fsp3) is 0.600. The number of hydrogen-bond acceptors (Lipinski definition) is 6. The Labute approximate surface area is 172 Å². The summed E-state index contributed by atoms with van der Waals surface area (Å²) in [6.07, 6.45) is 0.325. The predicted molar refractivity (Wildman–Crippen MR) is 111 cm³/mol. The second kappa shape index (κ2) is 7.66. The van der Waals surface area contributed by atoms with Gasteiger partial charge in [0.15, 0.2) is 0 Å². The molecular formula is C20H27F2N5O3. The van der Waals surface area contributed by atoms with Gasteiger partial charge in [-0.15, -0.1) is 0 Å². The molecule has 3 atom stereocenters. The van der Waals surface area contributed by atoms with E-state index in [9.17, 15) is 14.0 Å². The normalized spacial score (nSPS) is 22.8. The highest BCUT2D eigenvalue weighted by molar-refractivity contribution is 5.87. The van der Waals surface area contributed by atoms with Crippen LogP contribution in [0.15, 0.2) is 15.7 Å². The molecule has 2 fully saturated rings. The summed E-state index contributed by atoms with van der Waals surface area (Å²) in [5, 5.41) is 0.0448. The fourth-order valence-electron chi connectivity index (χ4n) is 4.47. The number of alkyl halides is 1. The van der Waals surface area contributed by atoms with Crippen LogP contribution in [0.3, 0.4) is 0 Å². The highest BCUT2D eigenvalue weighted by Crippen LogP contribution is 2.39. The molecule has 0 unspecified atom stereocenters. The zero-order chi connectivity index (χ0) is 21.7. The van der Waals surface area contributed by atoms with Gasteiger partial charge in [-0.3, -0.25) is 9.36 Å². The molecule has 0 bridgehead atoms. The van der Waals surface area contributed by atoms with Gasteiger partial charge in [-0.25, -0.2) is 13.6 Å². The zero-order valence-electron chi connectivity index (χ0n) is 17.1. The van der Waals surface area contributed by atoms with E-state index in [1.54, 1.807) is 11.8 Å². The second-order valence-electron chi connectivity index (χ2n) is 8.20. The molecule has 164 valence electrons. The van der Waals surface area contributed by atoms with Gasteiger partial charge in [0.05, 0.1) is 23.2 Å². The largest absolute Gasteiger partial charge is 0.380 e. The summed E-state index contributed by atoms with van der Waals surface area (Å²) < 4.78 is 37.2. The van der Waals surface area contributed by atoms with E-state index in [0.717, 1.165) is 18.9 Å². The van der Waals surface area contributed by atoms with Crippen LogP contribution in [0.25, 0.3) is 10.9 Å². The van der Waals surface area contributed by atoms with Gasteiger partial charge < -0.3 is 21.2 Å². The van der Waals surface area contributed by atoms with Crippen LogP contribution in [0, 0.1) is 18.7 Å². The van der Waals surface area contributed by atoms with E-state index in [1.807, 2.05) is 6.92 Å². The molecule has 1 aliphatic carbocycles. The summed E-state index contributed by atoms with van der Waals surface area (Å²) in [4.78, 5) is 26.8. The van der Waals surface area contributed by atoms with E-state index in [2.05, 4.69) is 0 Å². The number of anilines is 1. The Kier molecular flexibility index (Phi) is 5.31. The average Bonchev–Trinajstić information content (AvgIpc) is 3.47. The molecule has 1 aromatic heterocycles. The number of aromatic nitrogens is 2. The summed E-state index contributed by atoms with van der Waals surface area (Å²) in [5.74, 6) is 4.49. The molecule has 1 aliphatic heterocycles. The SMILES string of the molecule is CCOC[C@H](N)[C@H]1CN(c2c(F)cc3c(=O)n(N)c(=O)n(C4CC4)c3c2C)C[C@H]1F. The molecule has 10 heteroatoms. The molecule has 0 spiro atoms. The van der Waals surface area contributed by atoms with Crippen molar-refractivity contribution in [2.45, 2.75) is 44.9 Å². The van der Waals surface area contributed by atoms with Crippen LogP contribution in [0.2, 0.25) is 0 Å². The Morgan fingerprint density at radius 2 is 2.00 bits per heavy atom. The van der Waals surface area contributed by atoms with Crippen molar-refractivity contribution in [1.29, 1.82) is 0 Å². The lowest BCUT2D eigenvalue weighted by Gasteiger charge is -2.25. The van der Waals surface area contributed by atoms with E-state index in [1.165, 1.54) is 4.57 Å². The summed E-state index contributed by atoms with van der Waals surface area (Å²) in [7, 11) is 0. The summed E-state index contributed by atoms with van der Waals surface area (Å²) in [5.41, 5.74) is 5.71. The maximum Gasteiger partial charge on any atom is 0.350 e. The average molecular weight is 423 g/mol. The predicted octanol–water partition coefficient (Wildman–Crippen LogP) is 0.798. The van der Waals surface area contributed by atoms with E-state index >= 15 is 4.39 Å². The quantitative estimate of drug-likeness (QED) is 0.666. The lowest BCUT2D eigenvalue weighted by Crippen LogP contribution is -2.44. The van der Waals surface area contributed by atoms with Crippen LogP contribution in [0.4, 0.5) is 14.5 Å². The first-order valence-corrected chi connectivity index (χ1v) is 10.2. The molecule has 2 aromatic rings. The first kappa shape index (κ1) is 20.8. The number of ether oxygens (including phenoxy) is 1. The third-order valence-electron chi connectivity index (χ3n) is 6.15.